The summed E-state index contributed by atoms with van der Waals surface area (Å²) in [7, 11) is 0. The van der Waals surface area contributed by atoms with Crippen LogP contribution in [0.3, 0.4) is 0 Å². The SMILES string of the molecule is O=C(NCCCN1CCN(C(=O)c2ccc(F)c(F)c2)CC1)N1CCc2ccccc2C1. The van der Waals surface area contributed by atoms with Crippen LogP contribution in [0.15, 0.2) is 42.5 Å². The van der Waals surface area contributed by atoms with Gasteiger partial charge in [-0.1, -0.05) is 24.3 Å². The lowest BCUT2D eigenvalue weighted by Gasteiger charge is -2.35. The number of piperazine rings is 1. The average molecular weight is 443 g/mol. The molecule has 1 saturated heterocycles. The van der Waals surface area contributed by atoms with Crippen LogP contribution in [-0.2, 0) is 13.0 Å². The molecule has 1 N–H and O–H groups in total. The smallest absolute Gasteiger partial charge is 0.317 e. The standard InChI is InChI=1S/C24H28F2N4O2/c25-21-7-6-19(16-22(21)26)23(31)29-14-12-28(13-15-29)10-3-9-27-24(32)30-11-8-18-4-1-2-5-20(18)17-30/h1-2,4-7,16H,3,8-15,17H2,(H,27,32). The molecular formula is C24H28F2N4O2. The fourth-order valence-corrected chi connectivity index (χ4v) is 4.27. The maximum Gasteiger partial charge on any atom is 0.317 e. The molecule has 0 unspecified atom stereocenters. The predicted octanol–water partition coefficient (Wildman–Crippen LogP) is 2.88. The molecule has 3 amide bonds. The largest absolute Gasteiger partial charge is 0.338 e. The second kappa shape index (κ2) is 10.1. The zero-order valence-corrected chi connectivity index (χ0v) is 18.0. The zero-order chi connectivity index (χ0) is 22.5. The molecule has 0 radical (unpaired) electrons. The molecule has 8 heteroatoms. The van der Waals surface area contributed by atoms with Crippen molar-refractivity contribution in [3.8, 4) is 0 Å². The van der Waals surface area contributed by atoms with Crippen molar-refractivity contribution in [1.29, 1.82) is 0 Å². The Balaban J connectivity index is 1.15. The molecule has 0 spiro atoms. The van der Waals surface area contributed by atoms with Crippen molar-refractivity contribution in [2.75, 3.05) is 45.8 Å². The third-order valence-electron chi connectivity index (χ3n) is 6.17. The van der Waals surface area contributed by atoms with Crippen LogP contribution >= 0.6 is 0 Å². The Hall–Kier alpha value is -3.00. The maximum atomic E-state index is 13.4. The lowest BCUT2D eigenvalue weighted by Crippen LogP contribution is -2.49. The Labute approximate surface area is 186 Å². The second-order valence-corrected chi connectivity index (χ2v) is 8.29. The number of carbonyl (C=O) groups is 2. The van der Waals surface area contributed by atoms with Crippen molar-refractivity contribution in [3.63, 3.8) is 0 Å². The molecule has 0 aliphatic carbocycles. The number of urea groups is 1. The Morgan fingerprint density at radius 2 is 1.62 bits per heavy atom. The Bertz CT molecular complexity index is 976. The molecule has 4 rings (SSSR count). The first kappa shape index (κ1) is 22.2. The fourth-order valence-electron chi connectivity index (χ4n) is 4.27. The average Bonchev–Trinajstić information content (AvgIpc) is 2.83. The second-order valence-electron chi connectivity index (χ2n) is 8.29. The van der Waals surface area contributed by atoms with E-state index in [1.54, 1.807) is 4.90 Å². The number of nitrogens with zero attached hydrogens (tertiary/aromatic N) is 3. The van der Waals surface area contributed by atoms with Gasteiger partial charge in [0.15, 0.2) is 11.6 Å². The number of hydrogen-bond acceptors (Lipinski definition) is 3. The van der Waals surface area contributed by atoms with Crippen molar-refractivity contribution in [1.82, 2.24) is 20.0 Å². The van der Waals surface area contributed by atoms with Gasteiger partial charge in [-0.3, -0.25) is 9.69 Å². The normalized spacial score (nSPS) is 16.6. The summed E-state index contributed by atoms with van der Waals surface area (Å²) in [6, 6.07) is 11.5. The molecule has 2 heterocycles. The Morgan fingerprint density at radius 1 is 0.875 bits per heavy atom. The van der Waals surface area contributed by atoms with Crippen LogP contribution in [0.4, 0.5) is 13.6 Å². The summed E-state index contributed by atoms with van der Waals surface area (Å²) >= 11 is 0. The highest BCUT2D eigenvalue weighted by molar-refractivity contribution is 5.94. The van der Waals surface area contributed by atoms with Crippen LogP contribution < -0.4 is 5.32 Å². The van der Waals surface area contributed by atoms with E-state index >= 15 is 0 Å². The van der Waals surface area contributed by atoms with Crippen molar-refractivity contribution in [2.24, 2.45) is 0 Å². The van der Waals surface area contributed by atoms with Crippen LogP contribution in [0.2, 0.25) is 0 Å². The Kier molecular flexibility index (Phi) is 6.99. The number of rotatable bonds is 5. The van der Waals surface area contributed by atoms with Gasteiger partial charge in [0.05, 0.1) is 0 Å². The first-order valence-electron chi connectivity index (χ1n) is 11.1. The van der Waals surface area contributed by atoms with Crippen molar-refractivity contribution < 1.29 is 18.4 Å². The quantitative estimate of drug-likeness (QED) is 0.725. The summed E-state index contributed by atoms with van der Waals surface area (Å²) in [5, 5.41) is 3.01. The van der Waals surface area contributed by atoms with E-state index in [1.165, 1.54) is 17.2 Å². The summed E-state index contributed by atoms with van der Waals surface area (Å²) in [6.07, 6.45) is 1.71. The van der Waals surface area contributed by atoms with Gasteiger partial charge < -0.3 is 15.1 Å². The number of halogens is 2. The Morgan fingerprint density at radius 3 is 2.38 bits per heavy atom. The van der Waals surface area contributed by atoms with Gasteiger partial charge in [0.2, 0.25) is 0 Å². The van der Waals surface area contributed by atoms with E-state index in [0.29, 0.717) is 39.3 Å². The molecule has 6 nitrogen and oxygen atoms in total. The molecule has 0 bridgehead atoms. The third-order valence-corrected chi connectivity index (χ3v) is 6.17. The highest BCUT2D eigenvalue weighted by Crippen LogP contribution is 2.18. The van der Waals surface area contributed by atoms with E-state index < -0.39 is 11.6 Å². The van der Waals surface area contributed by atoms with Crippen LogP contribution in [-0.4, -0.2) is 72.5 Å². The van der Waals surface area contributed by atoms with E-state index in [9.17, 15) is 18.4 Å². The number of hydrogen-bond donors (Lipinski definition) is 1. The van der Waals surface area contributed by atoms with Crippen LogP contribution in [0.1, 0.15) is 27.9 Å². The van der Waals surface area contributed by atoms with Gasteiger partial charge in [-0.25, -0.2) is 13.6 Å². The van der Waals surface area contributed by atoms with Gasteiger partial charge >= 0.3 is 6.03 Å². The number of carbonyl (C=O) groups excluding carboxylic acids is 2. The summed E-state index contributed by atoms with van der Waals surface area (Å²) in [5.41, 5.74) is 2.70. The number of benzene rings is 2. The molecule has 170 valence electrons. The van der Waals surface area contributed by atoms with Crippen molar-refractivity contribution >= 4 is 11.9 Å². The number of nitrogens with one attached hydrogen (secondary N) is 1. The molecular weight excluding hydrogens is 414 g/mol. The summed E-state index contributed by atoms with van der Waals surface area (Å²) in [5.74, 6) is -2.24. The highest BCUT2D eigenvalue weighted by Gasteiger charge is 2.23. The maximum absolute atomic E-state index is 13.4. The fraction of sp³-hybridized carbons (Fsp3) is 0.417. The first-order valence-corrected chi connectivity index (χ1v) is 11.1. The first-order chi connectivity index (χ1) is 15.5. The minimum absolute atomic E-state index is 0.0264. The van der Waals surface area contributed by atoms with Gasteiger partial charge in [-0.15, -0.1) is 0 Å². The van der Waals surface area contributed by atoms with Gasteiger partial charge in [-0.2, -0.15) is 0 Å². The van der Waals surface area contributed by atoms with E-state index in [-0.39, 0.29) is 17.5 Å². The van der Waals surface area contributed by atoms with Crippen LogP contribution in [0, 0.1) is 11.6 Å². The molecule has 2 aromatic carbocycles. The van der Waals surface area contributed by atoms with Crippen LogP contribution in [0.25, 0.3) is 0 Å². The van der Waals surface area contributed by atoms with E-state index in [4.69, 9.17) is 0 Å². The highest BCUT2D eigenvalue weighted by atomic mass is 19.2. The number of fused-ring (bicyclic) bond motifs is 1. The van der Waals surface area contributed by atoms with Crippen LogP contribution in [0.5, 0.6) is 0 Å². The molecule has 32 heavy (non-hydrogen) atoms. The molecule has 2 aliphatic heterocycles. The molecule has 2 aromatic rings. The van der Waals surface area contributed by atoms with Gasteiger partial charge in [0.1, 0.15) is 0 Å². The molecule has 0 saturated carbocycles. The van der Waals surface area contributed by atoms with Gasteiger partial charge in [0, 0.05) is 51.4 Å². The van der Waals surface area contributed by atoms with E-state index in [0.717, 1.165) is 38.1 Å². The predicted molar refractivity (Wildman–Crippen MR) is 117 cm³/mol. The monoisotopic (exact) mass is 442 g/mol. The number of amides is 3. The molecule has 0 atom stereocenters. The topological polar surface area (TPSA) is 55.9 Å². The summed E-state index contributed by atoms with van der Waals surface area (Å²) in [4.78, 5) is 30.7. The minimum Gasteiger partial charge on any atom is -0.338 e. The summed E-state index contributed by atoms with van der Waals surface area (Å²) in [6.45, 7) is 5.32. The lowest BCUT2D eigenvalue weighted by atomic mass is 10.0. The lowest BCUT2D eigenvalue weighted by molar-refractivity contribution is 0.0635. The van der Waals surface area contributed by atoms with Gasteiger partial charge in [0.25, 0.3) is 5.91 Å². The van der Waals surface area contributed by atoms with Crippen molar-refractivity contribution in [3.05, 3.63) is 70.8 Å². The zero-order valence-electron chi connectivity index (χ0n) is 18.0. The minimum atomic E-state index is -1.01. The van der Waals surface area contributed by atoms with Crippen molar-refractivity contribution in [2.45, 2.75) is 19.4 Å². The molecule has 0 aromatic heterocycles. The van der Waals surface area contributed by atoms with E-state index in [2.05, 4.69) is 22.3 Å². The molecule has 2 aliphatic rings. The van der Waals surface area contributed by atoms with E-state index in [1.807, 2.05) is 17.0 Å². The molecule has 1 fully saturated rings. The van der Waals surface area contributed by atoms with Gasteiger partial charge in [-0.05, 0) is 48.7 Å². The summed E-state index contributed by atoms with van der Waals surface area (Å²) < 4.78 is 26.5. The third kappa shape index (κ3) is 5.24.